The second-order valence-electron chi connectivity index (χ2n) is 6.70. The molecule has 1 saturated heterocycles. The number of hydrogen-bond acceptors (Lipinski definition) is 5. The van der Waals surface area contributed by atoms with Gasteiger partial charge in [0.15, 0.2) is 17.6 Å². The van der Waals surface area contributed by atoms with Crippen molar-refractivity contribution in [3.63, 3.8) is 0 Å². The van der Waals surface area contributed by atoms with Crippen LogP contribution in [0.15, 0.2) is 27.8 Å². The summed E-state index contributed by atoms with van der Waals surface area (Å²) >= 11 is 0. The molecule has 1 atom stereocenters. The van der Waals surface area contributed by atoms with Gasteiger partial charge in [-0.15, -0.1) is 0 Å². The number of anilines is 1. The Morgan fingerprint density at radius 3 is 3.00 bits per heavy atom. The van der Waals surface area contributed by atoms with Crippen LogP contribution in [0.3, 0.4) is 0 Å². The monoisotopic (exact) mass is 374 g/mol. The maximum Gasteiger partial charge on any atom is 0.191 e. The minimum Gasteiger partial charge on any atom is -0.361 e. The van der Waals surface area contributed by atoms with E-state index in [0.717, 1.165) is 48.9 Å². The topological polar surface area (TPSA) is 78.6 Å². The predicted molar refractivity (Wildman–Crippen MR) is 104 cm³/mol. The number of halogens is 1. The molecule has 1 fully saturated rings. The minimum absolute atomic E-state index is 0.197. The third-order valence-electron chi connectivity index (χ3n) is 4.72. The van der Waals surface area contributed by atoms with E-state index in [1.54, 1.807) is 12.3 Å². The van der Waals surface area contributed by atoms with Gasteiger partial charge in [-0.05, 0) is 45.7 Å². The number of nitrogens with one attached hydrogen (secondary N) is 2. The number of aromatic nitrogens is 2. The van der Waals surface area contributed by atoms with Crippen molar-refractivity contribution in [3.05, 3.63) is 41.2 Å². The lowest BCUT2D eigenvalue weighted by atomic mass is 10.1. The van der Waals surface area contributed by atoms with Crippen molar-refractivity contribution < 1.29 is 8.91 Å². The highest BCUT2D eigenvalue weighted by Crippen LogP contribution is 2.20. The summed E-state index contributed by atoms with van der Waals surface area (Å²) in [5, 5.41) is 10.7. The lowest BCUT2D eigenvalue weighted by Crippen LogP contribution is -2.44. The van der Waals surface area contributed by atoms with Gasteiger partial charge in [0.05, 0.1) is 5.69 Å². The molecule has 8 heteroatoms. The lowest BCUT2D eigenvalue weighted by Gasteiger charge is -2.19. The molecule has 1 aliphatic heterocycles. The summed E-state index contributed by atoms with van der Waals surface area (Å²) in [6, 6.07) is 3.26. The molecule has 0 spiro atoms. The van der Waals surface area contributed by atoms with E-state index in [4.69, 9.17) is 4.52 Å². The second kappa shape index (κ2) is 8.83. The van der Waals surface area contributed by atoms with Crippen molar-refractivity contribution >= 4 is 11.8 Å². The third kappa shape index (κ3) is 4.75. The Bertz CT molecular complexity index is 771. The van der Waals surface area contributed by atoms with Crippen LogP contribution in [0.1, 0.15) is 30.4 Å². The van der Waals surface area contributed by atoms with Gasteiger partial charge in [0, 0.05) is 44.0 Å². The Hall–Kier alpha value is -2.64. The average Bonchev–Trinajstić information content (AvgIpc) is 3.23. The van der Waals surface area contributed by atoms with Gasteiger partial charge in [0.1, 0.15) is 5.76 Å². The lowest BCUT2D eigenvalue weighted by molar-refractivity contribution is 0.392. The van der Waals surface area contributed by atoms with Crippen LogP contribution < -0.4 is 15.5 Å². The quantitative estimate of drug-likeness (QED) is 0.596. The van der Waals surface area contributed by atoms with Crippen molar-refractivity contribution in [1.29, 1.82) is 0 Å². The molecule has 27 heavy (non-hydrogen) atoms. The first kappa shape index (κ1) is 19.1. The highest BCUT2D eigenvalue weighted by atomic mass is 19.1. The normalized spacial score (nSPS) is 17.4. The summed E-state index contributed by atoms with van der Waals surface area (Å²) in [4.78, 5) is 10.8. The number of nitrogens with zero attached hydrogens (tertiary/aromatic N) is 4. The summed E-state index contributed by atoms with van der Waals surface area (Å²) in [5.74, 6) is 1.77. The summed E-state index contributed by atoms with van der Waals surface area (Å²) in [6.07, 6.45) is 3.32. The molecule has 2 aromatic heterocycles. The van der Waals surface area contributed by atoms with Crippen molar-refractivity contribution in [2.75, 3.05) is 31.1 Å². The first-order valence-corrected chi connectivity index (χ1v) is 9.40. The van der Waals surface area contributed by atoms with E-state index in [2.05, 4.69) is 25.8 Å². The van der Waals surface area contributed by atoms with Crippen LogP contribution in [0.25, 0.3) is 0 Å². The Morgan fingerprint density at radius 2 is 2.30 bits per heavy atom. The SMILES string of the molecule is CCNC(=NCCc1c(C)noc1C)NC1CCN(c2ncccc2F)C1. The third-order valence-corrected chi connectivity index (χ3v) is 4.72. The molecule has 3 rings (SSSR count). The summed E-state index contributed by atoms with van der Waals surface area (Å²) < 4.78 is 19.1. The maximum atomic E-state index is 13.9. The van der Waals surface area contributed by atoms with E-state index in [1.807, 2.05) is 25.7 Å². The van der Waals surface area contributed by atoms with Gasteiger partial charge in [-0.1, -0.05) is 5.16 Å². The molecule has 0 amide bonds. The van der Waals surface area contributed by atoms with Gasteiger partial charge >= 0.3 is 0 Å². The zero-order valence-corrected chi connectivity index (χ0v) is 16.1. The molecule has 3 heterocycles. The molecule has 2 N–H and O–H groups in total. The Balaban J connectivity index is 1.57. The standard InChI is InChI=1S/C19H27FN6O/c1-4-21-19(23-10-7-16-13(2)25-27-14(16)3)24-15-8-11-26(12-15)18-17(20)6-5-9-22-18/h5-6,9,15H,4,7-8,10-12H2,1-3H3,(H2,21,23,24). The van der Waals surface area contributed by atoms with E-state index >= 15 is 0 Å². The molecular formula is C19H27FN6O. The second-order valence-corrected chi connectivity index (χ2v) is 6.70. The van der Waals surface area contributed by atoms with Gasteiger partial charge in [0.25, 0.3) is 0 Å². The average molecular weight is 374 g/mol. The number of hydrogen-bond donors (Lipinski definition) is 2. The fraction of sp³-hybridized carbons (Fsp3) is 0.526. The number of aliphatic imine (C=N–C) groups is 1. The zero-order chi connectivity index (χ0) is 19.2. The molecule has 0 aromatic carbocycles. The summed E-state index contributed by atoms with van der Waals surface area (Å²) in [6.45, 7) is 8.79. The first-order chi connectivity index (χ1) is 13.1. The molecule has 0 radical (unpaired) electrons. The fourth-order valence-electron chi connectivity index (χ4n) is 3.33. The van der Waals surface area contributed by atoms with Crippen molar-refractivity contribution in [1.82, 2.24) is 20.8 Å². The minimum atomic E-state index is -0.279. The molecule has 0 bridgehead atoms. The summed E-state index contributed by atoms with van der Waals surface area (Å²) in [7, 11) is 0. The number of rotatable bonds is 6. The molecular weight excluding hydrogens is 347 g/mol. The van der Waals surface area contributed by atoms with Crippen LogP contribution in [-0.4, -0.2) is 48.3 Å². The maximum absolute atomic E-state index is 13.9. The number of guanidine groups is 1. The van der Waals surface area contributed by atoms with Gasteiger partial charge < -0.3 is 20.1 Å². The molecule has 146 valence electrons. The van der Waals surface area contributed by atoms with E-state index in [9.17, 15) is 4.39 Å². The van der Waals surface area contributed by atoms with Crippen LogP contribution in [0.5, 0.6) is 0 Å². The number of pyridine rings is 1. The molecule has 0 saturated carbocycles. The van der Waals surface area contributed by atoms with Crippen LogP contribution in [0.2, 0.25) is 0 Å². The van der Waals surface area contributed by atoms with Gasteiger partial charge in [-0.25, -0.2) is 9.37 Å². The van der Waals surface area contributed by atoms with Crippen molar-refractivity contribution in [2.45, 2.75) is 39.7 Å². The van der Waals surface area contributed by atoms with E-state index in [1.165, 1.54) is 6.07 Å². The molecule has 1 unspecified atom stereocenters. The molecule has 1 aliphatic rings. The van der Waals surface area contributed by atoms with Crippen LogP contribution >= 0.6 is 0 Å². The highest BCUT2D eigenvalue weighted by Gasteiger charge is 2.25. The Labute approximate surface area is 159 Å². The number of aryl methyl sites for hydroxylation is 2. The highest BCUT2D eigenvalue weighted by molar-refractivity contribution is 5.80. The smallest absolute Gasteiger partial charge is 0.191 e. The van der Waals surface area contributed by atoms with Crippen molar-refractivity contribution in [3.8, 4) is 0 Å². The Morgan fingerprint density at radius 1 is 1.44 bits per heavy atom. The first-order valence-electron chi connectivity index (χ1n) is 9.40. The van der Waals surface area contributed by atoms with E-state index in [-0.39, 0.29) is 11.9 Å². The van der Waals surface area contributed by atoms with Gasteiger partial charge in [0.2, 0.25) is 0 Å². The predicted octanol–water partition coefficient (Wildman–Crippen LogP) is 2.20. The van der Waals surface area contributed by atoms with E-state index in [0.29, 0.717) is 18.9 Å². The largest absolute Gasteiger partial charge is 0.361 e. The fourth-order valence-corrected chi connectivity index (χ4v) is 3.33. The van der Waals surface area contributed by atoms with Crippen LogP contribution in [-0.2, 0) is 6.42 Å². The Kier molecular flexibility index (Phi) is 6.26. The molecule has 0 aliphatic carbocycles. The molecule has 7 nitrogen and oxygen atoms in total. The zero-order valence-electron chi connectivity index (χ0n) is 16.1. The van der Waals surface area contributed by atoms with Gasteiger partial charge in [-0.2, -0.15) is 0 Å². The van der Waals surface area contributed by atoms with Crippen molar-refractivity contribution in [2.24, 2.45) is 4.99 Å². The van der Waals surface area contributed by atoms with Gasteiger partial charge in [-0.3, -0.25) is 4.99 Å². The van der Waals surface area contributed by atoms with Crippen LogP contribution in [0.4, 0.5) is 10.2 Å². The van der Waals surface area contributed by atoms with Crippen LogP contribution in [0, 0.1) is 19.7 Å². The summed E-state index contributed by atoms with van der Waals surface area (Å²) in [5.41, 5.74) is 2.04. The van der Waals surface area contributed by atoms with E-state index < -0.39 is 0 Å². The molecule has 2 aromatic rings.